The minimum atomic E-state index is -0.589. The zero-order chi connectivity index (χ0) is 19.7. The first-order chi connectivity index (χ1) is 13.6. The topological polar surface area (TPSA) is 78.3 Å². The molecule has 0 aliphatic rings. The molecule has 0 amide bonds. The summed E-state index contributed by atoms with van der Waals surface area (Å²) < 4.78 is 10.8. The van der Waals surface area contributed by atoms with Crippen molar-refractivity contribution >= 4 is 22.8 Å². The average Bonchev–Trinajstić information content (AvgIpc) is 3.05. The Labute approximate surface area is 162 Å². The molecule has 28 heavy (non-hydrogen) atoms. The van der Waals surface area contributed by atoms with Crippen molar-refractivity contribution in [2.45, 2.75) is 13.8 Å². The first-order valence-electron chi connectivity index (χ1n) is 9.11. The molecule has 2 aromatic heterocycles. The van der Waals surface area contributed by atoms with E-state index in [4.69, 9.17) is 14.9 Å². The number of carbonyl (C=O) groups is 1. The number of nitrogens with zero attached hydrogens (tertiary/aromatic N) is 1. The van der Waals surface area contributed by atoms with Crippen LogP contribution in [0, 0.1) is 6.92 Å². The summed E-state index contributed by atoms with van der Waals surface area (Å²) in [5, 5.41) is 0.617. The molecule has 0 bridgehead atoms. The number of ether oxygens (including phenoxy) is 1. The Kier molecular flexibility index (Phi) is 4.57. The third kappa shape index (κ3) is 3.11. The highest BCUT2D eigenvalue weighted by molar-refractivity contribution is 6.09. The standard InChI is InChI=1S/C23H20N2O3/c1-3-27-23(26)21-20(24)19-17(15-11-9-14(2)10-12-15)13-18(25-22(19)28-21)16-7-5-4-6-8-16/h4-13H,3,24H2,1-2H3. The number of nitrogens with two attached hydrogens (primary N) is 1. The Hall–Kier alpha value is -3.60. The number of pyridine rings is 1. The molecule has 0 aliphatic heterocycles. The van der Waals surface area contributed by atoms with Gasteiger partial charge < -0.3 is 14.9 Å². The summed E-state index contributed by atoms with van der Waals surface area (Å²) in [6.45, 7) is 4.01. The molecule has 4 rings (SSSR count). The minimum absolute atomic E-state index is 0.0112. The lowest BCUT2D eigenvalue weighted by molar-refractivity contribution is 0.0494. The van der Waals surface area contributed by atoms with Crippen molar-refractivity contribution in [1.82, 2.24) is 4.98 Å². The van der Waals surface area contributed by atoms with Crippen molar-refractivity contribution in [3.05, 3.63) is 72.0 Å². The maximum atomic E-state index is 12.3. The van der Waals surface area contributed by atoms with E-state index in [1.54, 1.807) is 6.92 Å². The number of furan rings is 1. The van der Waals surface area contributed by atoms with Gasteiger partial charge in [0.1, 0.15) is 0 Å². The van der Waals surface area contributed by atoms with Gasteiger partial charge in [0, 0.05) is 5.56 Å². The van der Waals surface area contributed by atoms with Gasteiger partial charge in [-0.15, -0.1) is 0 Å². The van der Waals surface area contributed by atoms with Crippen LogP contribution in [0.15, 0.2) is 65.1 Å². The number of esters is 1. The number of anilines is 1. The van der Waals surface area contributed by atoms with Crippen LogP contribution in [0.3, 0.4) is 0 Å². The fraction of sp³-hybridized carbons (Fsp3) is 0.130. The summed E-state index contributed by atoms with van der Waals surface area (Å²) in [7, 11) is 0. The average molecular weight is 372 g/mol. The molecule has 5 heteroatoms. The van der Waals surface area contributed by atoms with Crippen LogP contribution in [0.2, 0.25) is 0 Å². The number of hydrogen-bond donors (Lipinski definition) is 1. The van der Waals surface area contributed by atoms with Crippen LogP contribution in [0.5, 0.6) is 0 Å². The molecular formula is C23H20N2O3. The lowest BCUT2D eigenvalue weighted by Crippen LogP contribution is -2.05. The SMILES string of the molecule is CCOC(=O)c1oc2nc(-c3ccccc3)cc(-c3ccc(C)cc3)c2c1N. The van der Waals surface area contributed by atoms with Crippen LogP contribution in [-0.4, -0.2) is 17.6 Å². The molecule has 2 N–H and O–H groups in total. The number of benzene rings is 2. The van der Waals surface area contributed by atoms with Crippen molar-refractivity contribution in [3.8, 4) is 22.4 Å². The second-order valence-electron chi connectivity index (χ2n) is 6.53. The van der Waals surface area contributed by atoms with Crippen LogP contribution in [0.1, 0.15) is 23.0 Å². The molecule has 0 unspecified atom stereocenters. The number of fused-ring (bicyclic) bond motifs is 1. The maximum absolute atomic E-state index is 12.3. The number of aromatic nitrogens is 1. The highest BCUT2D eigenvalue weighted by atomic mass is 16.5. The predicted octanol–water partition coefficient (Wildman–Crippen LogP) is 5.23. The van der Waals surface area contributed by atoms with E-state index in [2.05, 4.69) is 4.98 Å². The van der Waals surface area contributed by atoms with Gasteiger partial charge in [0.15, 0.2) is 0 Å². The van der Waals surface area contributed by atoms with Crippen LogP contribution < -0.4 is 5.73 Å². The number of hydrogen-bond acceptors (Lipinski definition) is 5. The quantitative estimate of drug-likeness (QED) is 0.496. The van der Waals surface area contributed by atoms with Crippen LogP contribution >= 0.6 is 0 Å². The zero-order valence-corrected chi connectivity index (χ0v) is 15.7. The van der Waals surface area contributed by atoms with Gasteiger partial charge in [0.25, 0.3) is 0 Å². The molecule has 2 heterocycles. The predicted molar refractivity (Wildman–Crippen MR) is 110 cm³/mol. The van der Waals surface area contributed by atoms with Crippen LogP contribution in [0.25, 0.3) is 33.5 Å². The second kappa shape index (κ2) is 7.19. The third-order valence-corrected chi connectivity index (χ3v) is 4.59. The van der Waals surface area contributed by atoms with Gasteiger partial charge in [-0.25, -0.2) is 9.78 Å². The number of aryl methyl sites for hydroxylation is 1. The lowest BCUT2D eigenvalue weighted by atomic mass is 9.99. The lowest BCUT2D eigenvalue weighted by Gasteiger charge is -2.08. The largest absolute Gasteiger partial charge is 0.460 e. The molecule has 0 saturated heterocycles. The van der Waals surface area contributed by atoms with E-state index in [0.717, 1.165) is 27.9 Å². The molecular weight excluding hydrogens is 352 g/mol. The summed E-state index contributed by atoms with van der Waals surface area (Å²) >= 11 is 0. The monoisotopic (exact) mass is 372 g/mol. The van der Waals surface area contributed by atoms with E-state index in [1.807, 2.05) is 67.6 Å². The maximum Gasteiger partial charge on any atom is 0.376 e. The van der Waals surface area contributed by atoms with Crippen molar-refractivity contribution in [2.75, 3.05) is 12.3 Å². The number of rotatable bonds is 4. The highest BCUT2D eigenvalue weighted by Gasteiger charge is 2.24. The molecule has 4 aromatic rings. The first-order valence-corrected chi connectivity index (χ1v) is 9.11. The molecule has 140 valence electrons. The van der Waals surface area contributed by atoms with E-state index in [0.29, 0.717) is 11.1 Å². The Bertz CT molecular complexity index is 1150. The normalized spacial score (nSPS) is 10.9. The molecule has 0 saturated carbocycles. The number of nitrogen functional groups attached to an aromatic ring is 1. The van der Waals surface area contributed by atoms with Crippen molar-refractivity contribution in [1.29, 1.82) is 0 Å². The van der Waals surface area contributed by atoms with Crippen molar-refractivity contribution < 1.29 is 13.9 Å². The van der Waals surface area contributed by atoms with E-state index in [1.165, 1.54) is 0 Å². The Morgan fingerprint density at radius 2 is 1.79 bits per heavy atom. The van der Waals surface area contributed by atoms with Gasteiger partial charge in [-0.3, -0.25) is 0 Å². The Balaban J connectivity index is 2.00. The molecule has 0 radical (unpaired) electrons. The molecule has 0 atom stereocenters. The minimum Gasteiger partial charge on any atom is -0.460 e. The van der Waals surface area contributed by atoms with Gasteiger partial charge in [-0.05, 0) is 31.0 Å². The first kappa shape index (κ1) is 17.8. The summed E-state index contributed by atoms with van der Waals surface area (Å²) in [6.07, 6.45) is 0. The smallest absolute Gasteiger partial charge is 0.376 e. The Morgan fingerprint density at radius 1 is 1.07 bits per heavy atom. The van der Waals surface area contributed by atoms with E-state index < -0.39 is 5.97 Å². The highest BCUT2D eigenvalue weighted by Crippen LogP contribution is 2.38. The fourth-order valence-electron chi connectivity index (χ4n) is 3.19. The summed E-state index contributed by atoms with van der Waals surface area (Å²) in [6, 6.07) is 19.9. The van der Waals surface area contributed by atoms with Gasteiger partial charge in [-0.2, -0.15) is 0 Å². The molecule has 0 spiro atoms. The van der Waals surface area contributed by atoms with E-state index in [-0.39, 0.29) is 18.1 Å². The summed E-state index contributed by atoms with van der Waals surface area (Å²) in [5.74, 6) is -0.600. The Morgan fingerprint density at radius 3 is 2.46 bits per heavy atom. The summed E-state index contributed by atoms with van der Waals surface area (Å²) in [5.41, 5.74) is 11.5. The van der Waals surface area contributed by atoms with E-state index >= 15 is 0 Å². The molecule has 5 nitrogen and oxygen atoms in total. The van der Waals surface area contributed by atoms with Gasteiger partial charge >= 0.3 is 5.97 Å². The van der Waals surface area contributed by atoms with E-state index in [9.17, 15) is 4.79 Å². The zero-order valence-electron chi connectivity index (χ0n) is 15.7. The third-order valence-electron chi connectivity index (χ3n) is 4.59. The second-order valence-corrected chi connectivity index (χ2v) is 6.53. The van der Waals surface area contributed by atoms with Gasteiger partial charge in [0.05, 0.1) is 23.4 Å². The van der Waals surface area contributed by atoms with Crippen LogP contribution in [-0.2, 0) is 4.74 Å². The van der Waals surface area contributed by atoms with Crippen molar-refractivity contribution in [2.24, 2.45) is 0 Å². The molecule has 0 aliphatic carbocycles. The summed E-state index contributed by atoms with van der Waals surface area (Å²) in [4.78, 5) is 16.9. The molecule has 0 fully saturated rings. The van der Waals surface area contributed by atoms with Gasteiger partial charge in [0.2, 0.25) is 11.5 Å². The fourth-order valence-corrected chi connectivity index (χ4v) is 3.19. The van der Waals surface area contributed by atoms with Crippen molar-refractivity contribution in [3.63, 3.8) is 0 Å². The molecule has 2 aromatic carbocycles. The van der Waals surface area contributed by atoms with Gasteiger partial charge in [-0.1, -0.05) is 60.2 Å². The number of carbonyl (C=O) groups excluding carboxylic acids is 1. The van der Waals surface area contributed by atoms with Crippen LogP contribution in [0.4, 0.5) is 5.69 Å².